The van der Waals surface area contributed by atoms with Gasteiger partial charge in [0.15, 0.2) is 0 Å². The van der Waals surface area contributed by atoms with E-state index in [0.29, 0.717) is 5.75 Å². The van der Waals surface area contributed by atoms with Crippen molar-refractivity contribution in [3.63, 3.8) is 0 Å². The van der Waals surface area contributed by atoms with Crippen molar-refractivity contribution >= 4 is 11.9 Å². The fraction of sp³-hybridized carbons (Fsp3) is 0.500. The van der Waals surface area contributed by atoms with E-state index < -0.39 is 11.9 Å². The second-order valence-electron chi connectivity index (χ2n) is 6.02. The topological polar surface area (TPSA) is 66.4 Å². The predicted molar refractivity (Wildman–Crippen MR) is 92.5 cm³/mol. The molecule has 0 bridgehead atoms. The highest BCUT2D eigenvalue weighted by Crippen LogP contribution is 2.21. The van der Waals surface area contributed by atoms with E-state index in [2.05, 4.69) is 13.5 Å². The van der Waals surface area contributed by atoms with Crippen LogP contribution in [0.15, 0.2) is 36.4 Å². The van der Waals surface area contributed by atoms with Crippen molar-refractivity contribution < 1.29 is 19.4 Å². The third-order valence-electron chi connectivity index (χ3n) is 3.89. The van der Waals surface area contributed by atoms with Gasteiger partial charge in [-0.2, -0.15) is 0 Å². The molecule has 0 aliphatic carbocycles. The molecular formula is C20H27O4-. The minimum Gasteiger partial charge on any atom is -0.545 e. The molecule has 0 heterocycles. The molecule has 0 N–H and O–H groups in total. The number of para-hydroxylation sites is 1. The molecule has 1 rings (SSSR count). The number of rotatable bonds is 12. The Labute approximate surface area is 144 Å². The number of ether oxygens (including phenoxy) is 1. The molecule has 1 aromatic carbocycles. The SMILES string of the molecule is C=C(CC(=O)Oc1ccccc1CCCCCCCCC)C(=O)[O-]. The van der Waals surface area contributed by atoms with Crippen LogP contribution in [-0.2, 0) is 16.0 Å². The number of carbonyl (C=O) groups is 2. The van der Waals surface area contributed by atoms with Gasteiger partial charge in [0, 0.05) is 0 Å². The third kappa shape index (κ3) is 7.95. The summed E-state index contributed by atoms with van der Waals surface area (Å²) in [7, 11) is 0. The largest absolute Gasteiger partial charge is 0.545 e. The Morgan fingerprint density at radius 1 is 1.04 bits per heavy atom. The van der Waals surface area contributed by atoms with Crippen molar-refractivity contribution in [3.05, 3.63) is 42.0 Å². The van der Waals surface area contributed by atoms with E-state index in [0.717, 1.165) is 24.8 Å². The lowest BCUT2D eigenvalue weighted by Gasteiger charge is -2.11. The number of esters is 1. The molecule has 4 nitrogen and oxygen atoms in total. The van der Waals surface area contributed by atoms with Crippen LogP contribution < -0.4 is 9.84 Å². The Kier molecular flexibility index (Phi) is 9.51. The maximum Gasteiger partial charge on any atom is 0.315 e. The van der Waals surface area contributed by atoms with Gasteiger partial charge < -0.3 is 14.6 Å². The second-order valence-corrected chi connectivity index (χ2v) is 6.02. The number of carbonyl (C=O) groups excluding carboxylic acids is 2. The lowest BCUT2D eigenvalue weighted by atomic mass is 10.0. The molecule has 0 aliphatic rings. The van der Waals surface area contributed by atoms with Crippen LogP contribution in [0.2, 0.25) is 0 Å². The maximum atomic E-state index is 11.8. The minimum absolute atomic E-state index is 0.274. The summed E-state index contributed by atoms with van der Waals surface area (Å²) < 4.78 is 5.29. The van der Waals surface area contributed by atoms with Gasteiger partial charge in [0.25, 0.3) is 0 Å². The Balaban J connectivity index is 2.42. The van der Waals surface area contributed by atoms with Gasteiger partial charge in [-0.15, -0.1) is 0 Å². The number of carboxylic acids is 1. The summed E-state index contributed by atoms with van der Waals surface area (Å²) in [5.41, 5.74) is 0.697. The van der Waals surface area contributed by atoms with Crippen LogP contribution in [0.4, 0.5) is 0 Å². The normalized spacial score (nSPS) is 10.4. The van der Waals surface area contributed by atoms with Gasteiger partial charge in [0.2, 0.25) is 0 Å². The van der Waals surface area contributed by atoms with Crippen molar-refractivity contribution in [2.45, 2.75) is 64.7 Å². The highest BCUT2D eigenvalue weighted by atomic mass is 16.5. The molecular weight excluding hydrogens is 304 g/mol. The monoisotopic (exact) mass is 331 g/mol. The summed E-state index contributed by atoms with van der Waals surface area (Å²) in [5.74, 6) is -1.56. The Morgan fingerprint density at radius 2 is 1.67 bits per heavy atom. The molecule has 0 atom stereocenters. The van der Waals surface area contributed by atoms with Crippen LogP contribution in [-0.4, -0.2) is 11.9 Å². The lowest BCUT2D eigenvalue weighted by molar-refractivity contribution is -0.299. The molecule has 0 unspecified atom stereocenters. The van der Waals surface area contributed by atoms with Gasteiger partial charge in [-0.25, -0.2) is 0 Å². The predicted octanol–water partition coefficient (Wildman–Crippen LogP) is 3.58. The summed E-state index contributed by atoms with van der Waals surface area (Å²) in [6.45, 7) is 5.50. The standard InChI is InChI=1S/C20H28O4/c1-3-4-5-6-7-8-9-12-17-13-10-11-14-18(17)24-19(21)15-16(2)20(22)23/h10-11,13-14H,2-9,12,15H2,1H3,(H,22,23)/p-1. The van der Waals surface area contributed by atoms with E-state index in [1.165, 1.54) is 32.1 Å². The maximum absolute atomic E-state index is 11.8. The van der Waals surface area contributed by atoms with Gasteiger partial charge in [0.05, 0.1) is 12.4 Å². The molecule has 0 saturated carbocycles. The average Bonchev–Trinajstić information content (AvgIpc) is 2.55. The molecule has 4 heteroatoms. The summed E-state index contributed by atoms with van der Waals surface area (Å²) in [5, 5.41) is 10.6. The summed E-state index contributed by atoms with van der Waals surface area (Å²) >= 11 is 0. The van der Waals surface area contributed by atoms with E-state index in [1.54, 1.807) is 12.1 Å². The van der Waals surface area contributed by atoms with Crippen molar-refractivity contribution in [1.29, 1.82) is 0 Å². The number of aliphatic carboxylic acids is 1. The number of hydrogen-bond donors (Lipinski definition) is 0. The van der Waals surface area contributed by atoms with Crippen LogP contribution >= 0.6 is 0 Å². The van der Waals surface area contributed by atoms with Gasteiger partial charge in [-0.1, -0.05) is 70.2 Å². The van der Waals surface area contributed by atoms with Crippen molar-refractivity contribution in [2.75, 3.05) is 0 Å². The number of unbranched alkanes of at least 4 members (excludes halogenated alkanes) is 6. The summed E-state index contributed by atoms with van der Waals surface area (Å²) in [4.78, 5) is 22.4. The van der Waals surface area contributed by atoms with Gasteiger partial charge in [-0.3, -0.25) is 4.79 Å². The molecule has 0 radical (unpaired) electrons. The highest BCUT2D eigenvalue weighted by molar-refractivity contribution is 5.91. The van der Waals surface area contributed by atoms with Crippen LogP contribution in [0.25, 0.3) is 0 Å². The highest BCUT2D eigenvalue weighted by Gasteiger charge is 2.11. The first-order chi connectivity index (χ1) is 11.5. The fourth-order valence-electron chi connectivity index (χ4n) is 2.49. The average molecular weight is 331 g/mol. The van der Waals surface area contributed by atoms with Gasteiger partial charge in [-0.05, 0) is 30.0 Å². The fourth-order valence-corrected chi connectivity index (χ4v) is 2.49. The van der Waals surface area contributed by atoms with E-state index in [9.17, 15) is 14.7 Å². The molecule has 24 heavy (non-hydrogen) atoms. The van der Waals surface area contributed by atoms with Crippen LogP contribution in [0.3, 0.4) is 0 Å². The van der Waals surface area contributed by atoms with E-state index in [1.807, 2.05) is 12.1 Å². The molecule has 132 valence electrons. The zero-order valence-electron chi connectivity index (χ0n) is 14.5. The summed E-state index contributed by atoms with van der Waals surface area (Å²) in [6.07, 6.45) is 9.04. The number of carboxylic acid groups (broad SMARTS) is 1. The number of aryl methyl sites for hydroxylation is 1. The first-order valence-corrected chi connectivity index (χ1v) is 8.72. The number of hydrogen-bond acceptors (Lipinski definition) is 4. The molecule has 1 aromatic rings. The van der Waals surface area contributed by atoms with Crippen LogP contribution in [0, 0.1) is 0 Å². The zero-order chi connectivity index (χ0) is 17.8. The van der Waals surface area contributed by atoms with Gasteiger partial charge >= 0.3 is 5.97 Å². The van der Waals surface area contributed by atoms with Gasteiger partial charge in [0.1, 0.15) is 5.75 Å². The Bertz CT molecular complexity index is 548. The van der Waals surface area contributed by atoms with E-state index in [4.69, 9.17) is 4.74 Å². The molecule has 0 fully saturated rings. The van der Waals surface area contributed by atoms with Crippen molar-refractivity contribution in [3.8, 4) is 5.75 Å². The van der Waals surface area contributed by atoms with Crippen LogP contribution in [0.5, 0.6) is 5.75 Å². The minimum atomic E-state index is -1.43. The lowest BCUT2D eigenvalue weighted by Crippen LogP contribution is -2.26. The first-order valence-electron chi connectivity index (χ1n) is 8.72. The second kappa shape index (κ2) is 11.4. The van der Waals surface area contributed by atoms with E-state index in [-0.39, 0.29) is 12.0 Å². The molecule has 0 aromatic heterocycles. The summed E-state index contributed by atoms with van der Waals surface area (Å²) in [6, 6.07) is 7.38. The smallest absolute Gasteiger partial charge is 0.315 e. The molecule has 0 aliphatic heterocycles. The van der Waals surface area contributed by atoms with E-state index >= 15 is 0 Å². The molecule has 0 spiro atoms. The Morgan fingerprint density at radius 3 is 2.33 bits per heavy atom. The first kappa shape index (κ1) is 19.9. The van der Waals surface area contributed by atoms with Crippen LogP contribution in [0.1, 0.15) is 63.9 Å². The molecule has 0 amide bonds. The molecule has 0 saturated heterocycles. The quantitative estimate of drug-likeness (QED) is 0.254. The zero-order valence-corrected chi connectivity index (χ0v) is 14.5. The number of benzene rings is 1. The van der Waals surface area contributed by atoms with Crippen molar-refractivity contribution in [1.82, 2.24) is 0 Å². The Hall–Kier alpha value is -2.10. The van der Waals surface area contributed by atoms with Crippen molar-refractivity contribution in [2.24, 2.45) is 0 Å². The third-order valence-corrected chi connectivity index (χ3v) is 3.89.